The van der Waals surface area contributed by atoms with Crippen LogP contribution in [0.5, 0.6) is 0 Å². The smallest absolute Gasteiger partial charge is 0.187 e. The Hall–Kier alpha value is -1.49. The maximum absolute atomic E-state index is 12.9. The zero-order valence-corrected chi connectivity index (χ0v) is 17.2. The summed E-state index contributed by atoms with van der Waals surface area (Å²) >= 11 is 6.89. The van der Waals surface area contributed by atoms with Crippen molar-refractivity contribution in [3.05, 3.63) is 79.7 Å². The number of ketones is 1. The number of nitrogens with zero attached hydrogens (tertiary/aromatic N) is 1. The Morgan fingerprint density at radius 3 is 1.60 bits per heavy atom. The normalized spacial score (nSPS) is 18.9. The minimum absolute atomic E-state index is 0.149. The van der Waals surface area contributed by atoms with E-state index in [2.05, 4.69) is 43.7 Å². The average Bonchev–Trinajstić information content (AvgIpc) is 2.62. The SMILES string of the molecule is CCN1CC(=Cc2ccc(Br)cc2)C(=O)C(=Cc2ccc(Br)cc2)C1. The van der Waals surface area contributed by atoms with E-state index in [-0.39, 0.29) is 5.78 Å². The highest BCUT2D eigenvalue weighted by atomic mass is 79.9. The van der Waals surface area contributed by atoms with Crippen LogP contribution in [0.2, 0.25) is 0 Å². The largest absolute Gasteiger partial charge is 0.295 e. The van der Waals surface area contributed by atoms with Gasteiger partial charge in [-0.25, -0.2) is 0 Å². The number of likely N-dealkylation sites (tertiary alicyclic amines) is 1. The molecule has 0 unspecified atom stereocenters. The van der Waals surface area contributed by atoms with Crippen LogP contribution in [-0.2, 0) is 4.79 Å². The number of rotatable bonds is 3. The molecule has 1 saturated heterocycles. The van der Waals surface area contributed by atoms with E-state index in [9.17, 15) is 4.79 Å². The number of Topliss-reactive ketones (excluding diaryl/α,β-unsaturated/α-hetero) is 1. The van der Waals surface area contributed by atoms with Crippen LogP contribution in [0.4, 0.5) is 0 Å². The molecular weight excluding hydrogens is 442 g/mol. The van der Waals surface area contributed by atoms with Crippen molar-refractivity contribution in [2.45, 2.75) is 6.92 Å². The molecule has 128 valence electrons. The molecule has 3 rings (SSSR count). The van der Waals surface area contributed by atoms with Crippen molar-refractivity contribution in [1.82, 2.24) is 4.90 Å². The lowest BCUT2D eigenvalue weighted by atomic mass is 9.94. The molecule has 0 amide bonds. The summed E-state index contributed by atoms with van der Waals surface area (Å²) in [5, 5.41) is 0. The summed E-state index contributed by atoms with van der Waals surface area (Å²) in [4.78, 5) is 15.2. The molecule has 0 atom stereocenters. The quantitative estimate of drug-likeness (QED) is 0.557. The van der Waals surface area contributed by atoms with Gasteiger partial charge in [0.25, 0.3) is 0 Å². The van der Waals surface area contributed by atoms with Crippen LogP contribution in [0, 0.1) is 0 Å². The highest BCUT2D eigenvalue weighted by Crippen LogP contribution is 2.23. The third-order valence-electron chi connectivity index (χ3n) is 4.24. The second-order valence-electron chi connectivity index (χ2n) is 6.07. The fraction of sp³-hybridized carbons (Fsp3) is 0.190. The Morgan fingerprint density at radius 1 is 0.840 bits per heavy atom. The van der Waals surface area contributed by atoms with Crippen LogP contribution >= 0.6 is 31.9 Å². The molecule has 4 heteroatoms. The van der Waals surface area contributed by atoms with Gasteiger partial charge >= 0.3 is 0 Å². The minimum atomic E-state index is 0.149. The molecule has 1 heterocycles. The summed E-state index contributed by atoms with van der Waals surface area (Å²) < 4.78 is 2.08. The fourth-order valence-corrected chi connectivity index (χ4v) is 3.38. The summed E-state index contributed by atoms with van der Waals surface area (Å²) in [5.41, 5.74) is 3.79. The molecule has 0 radical (unpaired) electrons. The van der Waals surface area contributed by atoms with Crippen molar-refractivity contribution in [2.75, 3.05) is 19.6 Å². The summed E-state index contributed by atoms with van der Waals surface area (Å²) in [6, 6.07) is 16.1. The summed E-state index contributed by atoms with van der Waals surface area (Å²) in [6.07, 6.45) is 4.01. The van der Waals surface area contributed by atoms with E-state index < -0.39 is 0 Å². The Balaban J connectivity index is 1.93. The van der Waals surface area contributed by atoms with E-state index in [1.54, 1.807) is 0 Å². The first-order valence-corrected chi connectivity index (χ1v) is 9.83. The number of carbonyl (C=O) groups is 1. The van der Waals surface area contributed by atoms with E-state index in [0.717, 1.165) is 37.8 Å². The van der Waals surface area contributed by atoms with Gasteiger partial charge in [0.05, 0.1) is 0 Å². The molecule has 2 nitrogen and oxygen atoms in total. The second kappa shape index (κ2) is 8.26. The van der Waals surface area contributed by atoms with Crippen molar-refractivity contribution in [2.24, 2.45) is 0 Å². The number of likely N-dealkylation sites (N-methyl/N-ethyl adjacent to an activating group) is 1. The number of hydrogen-bond acceptors (Lipinski definition) is 2. The van der Waals surface area contributed by atoms with Crippen LogP contribution in [0.15, 0.2) is 68.6 Å². The predicted molar refractivity (Wildman–Crippen MR) is 111 cm³/mol. The standard InChI is InChI=1S/C21H19Br2NO/c1-2-24-13-17(11-15-3-7-19(22)8-4-15)21(25)18(14-24)12-16-5-9-20(23)10-6-16/h3-12H,2,13-14H2,1H3. The Labute approximate surface area is 165 Å². The van der Waals surface area contributed by atoms with Gasteiger partial charge in [0.2, 0.25) is 0 Å². The van der Waals surface area contributed by atoms with Crippen LogP contribution in [0.25, 0.3) is 12.2 Å². The molecule has 1 aliphatic rings. The predicted octanol–water partition coefficient (Wildman–Crippen LogP) is 5.58. The van der Waals surface area contributed by atoms with Gasteiger partial charge in [-0.05, 0) is 54.1 Å². The van der Waals surface area contributed by atoms with Gasteiger partial charge in [0.15, 0.2) is 5.78 Å². The summed E-state index contributed by atoms with van der Waals surface area (Å²) in [5.74, 6) is 0.149. The average molecular weight is 461 g/mol. The van der Waals surface area contributed by atoms with Crippen LogP contribution in [0.1, 0.15) is 18.1 Å². The highest BCUT2D eigenvalue weighted by molar-refractivity contribution is 9.10. The van der Waals surface area contributed by atoms with Crippen LogP contribution in [-0.4, -0.2) is 30.3 Å². The summed E-state index contributed by atoms with van der Waals surface area (Å²) in [7, 11) is 0. The molecule has 0 bridgehead atoms. The van der Waals surface area contributed by atoms with E-state index in [1.807, 2.05) is 60.7 Å². The van der Waals surface area contributed by atoms with Gasteiger partial charge in [-0.3, -0.25) is 9.69 Å². The first-order valence-electron chi connectivity index (χ1n) is 8.24. The lowest BCUT2D eigenvalue weighted by Crippen LogP contribution is -2.37. The molecule has 0 N–H and O–H groups in total. The van der Waals surface area contributed by atoms with Crippen molar-refractivity contribution < 1.29 is 4.79 Å². The van der Waals surface area contributed by atoms with E-state index in [4.69, 9.17) is 0 Å². The third-order valence-corrected chi connectivity index (χ3v) is 5.30. The minimum Gasteiger partial charge on any atom is -0.295 e. The highest BCUT2D eigenvalue weighted by Gasteiger charge is 2.25. The first-order chi connectivity index (χ1) is 12.0. The van der Waals surface area contributed by atoms with Gasteiger partial charge in [-0.15, -0.1) is 0 Å². The van der Waals surface area contributed by atoms with Crippen molar-refractivity contribution in [1.29, 1.82) is 0 Å². The number of carbonyl (C=O) groups excluding carboxylic acids is 1. The van der Waals surface area contributed by atoms with Gasteiger partial charge in [-0.1, -0.05) is 63.0 Å². The Morgan fingerprint density at radius 2 is 1.24 bits per heavy atom. The maximum Gasteiger partial charge on any atom is 0.187 e. The number of piperidine rings is 1. The molecular formula is C21H19Br2NO. The zero-order chi connectivity index (χ0) is 17.8. The van der Waals surface area contributed by atoms with Gasteiger partial charge in [-0.2, -0.15) is 0 Å². The Kier molecular flexibility index (Phi) is 6.05. The van der Waals surface area contributed by atoms with Crippen molar-refractivity contribution >= 4 is 49.8 Å². The molecule has 0 aliphatic carbocycles. The molecule has 0 spiro atoms. The molecule has 0 aromatic heterocycles. The topological polar surface area (TPSA) is 20.3 Å². The maximum atomic E-state index is 12.9. The van der Waals surface area contributed by atoms with E-state index >= 15 is 0 Å². The van der Waals surface area contributed by atoms with Crippen LogP contribution < -0.4 is 0 Å². The van der Waals surface area contributed by atoms with Crippen molar-refractivity contribution in [3.8, 4) is 0 Å². The first kappa shape index (κ1) is 18.3. The molecule has 1 fully saturated rings. The number of benzene rings is 2. The molecule has 0 saturated carbocycles. The zero-order valence-electron chi connectivity index (χ0n) is 14.0. The van der Waals surface area contributed by atoms with E-state index in [0.29, 0.717) is 13.1 Å². The van der Waals surface area contributed by atoms with Crippen molar-refractivity contribution in [3.63, 3.8) is 0 Å². The van der Waals surface area contributed by atoms with Crippen LogP contribution in [0.3, 0.4) is 0 Å². The van der Waals surface area contributed by atoms with E-state index in [1.165, 1.54) is 0 Å². The number of hydrogen-bond donors (Lipinski definition) is 0. The lowest BCUT2D eigenvalue weighted by molar-refractivity contribution is -0.113. The lowest BCUT2D eigenvalue weighted by Gasteiger charge is -2.28. The van der Waals surface area contributed by atoms with Gasteiger partial charge < -0.3 is 0 Å². The Bertz CT molecular complexity index is 752. The molecule has 2 aromatic rings. The van der Waals surface area contributed by atoms with Gasteiger partial charge in [0, 0.05) is 33.2 Å². The summed E-state index contributed by atoms with van der Waals surface area (Å²) in [6.45, 7) is 4.44. The molecule has 2 aromatic carbocycles. The second-order valence-corrected chi connectivity index (χ2v) is 7.91. The molecule has 25 heavy (non-hydrogen) atoms. The third kappa shape index (κ3) is 4.78. The van der Waals surface area contributed by atoms with Gasteiger partial charge in [0.1, 0.15) is 0 Å². The molecule has 1 aliphatic heterocycles. The monoisotopic (exact) mass is 459 g/mol. The number of halogens is 2. The fourth-order valence-electron chi connectivity index (χ4n) is 2.85.